The number of nitrogens with two attached hydrogens (primary N) is 1. The Morgan fingerprint density at radius 1 is 1.14 bits per heavy atom. The average Bonchev–Trinajstić information content (AvgIpc) is 2.46. The van der Waals surface area contributed by atoms with E-state index in [1.54, 1.807) is 7.11 Å². The summed E-state index contributed by atoms with van der Waals surface area (Å²) in [5.74, 6) is 0.777. The number of hydrogen-bond acceptors (Lipinski definition) is 3. The van der Waals surface area contributed by atoms with Gasteiger partial charge in [0.1, 0.15) is 12.4 Å². The van der Waals surface area contributed by atoms with Gasteiger partial charge in [-0.15, -0.1) is 0 Å². The Morgan fingerprint density at radius 3 is 2.62 bits per heavy atom. The average molecular weight is 306 g/mol. The van der Waals surface area contributed by atoms with Crippen LogP contribution in [0, 0.1) is 6.92 Å². The Kier molecular flexibility index (Phi) is 5.62. The number of hydrogen-bond donors (Lipinski definition) is 1. The highest BCUT2D eigenvalue weighted by Gasteiger charge is 2.14. The number of ether oxygens (including phenoxy) is 2. The highest BCUT2D eigenvalue weighted by molar-refractivity contribution is 6.30. The standard InChI is InChI=1S/C17H20ClNO2/c1-12-9-13(11-14(18)10-12)17(19)15-5-3-4-6-16(15)21-8-7-20-2/h3-6,9-11,17H,7-8,19H2,1-2H3. The first kappa shape index (κ1) is 15.8. The Labute approximate surface area is 130 Å². The van der Waals surface area contributed by atoms with Gasteiger partial charge in [-0.3, -0.25) is 0 Å². The summed E-state index contributed by atoms with van der Waals surface area (Å²) in [6.07, 6.45) is 0. The topological polar surface area (TPSA) is 44.5 Å². The lowest BCUT2D eigenvalue weighted by Gasteiger charge is -2.18. The van der Waals surface area contributed by atoms with Gasteiger partial charge in [0.05, 0.1) is 12.6 Å². The van der Waals surface area contributed by atoms with Crippen molar-refractivity contribution in [2.24, 2.45) is 5.73 Å². The van der Waals surface area contributed by atoms with E-state index in [9.17, 15) is 0 Å². The van der Waals surface area contributed by atoms with E-state index in [0.29, 0.717) is 18.2 Å². The Balaban J connectivity index is 2.27. The first-order chi connectivity index (χ1) is 10.1. The maximum atomic E-state index is 6.39. The zero-order valence-corrected chi connectivity index (χ0v) is 13.1. The van der Waals surface area contributed by atoms with Crippen molar-refractivity contribution < 1.29 is 9.47 Å². The molecule has 0 radical (unpaired) electrons. The fourth-order valence-corrected chi connectivity index (χ4v) is 2.53. The lowest BCUT2D eigenvalue weighted by atomic mass is 9.97. The van der Waals surface area contributed by atoms with Crippen molar-refractivity contribution in [2.75, 3.05) is 20.3 Å². The highest BCUT2D eigenvalue weighted by atomic mass is 35.5. The minimum Gasteiger partial charge on any atom is -0.491 e. The van der Waals surface area contributed by atoms with Crippen LogP contribution in [0.2, 0.25) is 5.02 Å². The van der Waals surface area contributed by atoms with Gasteiger partial charge in [0.15, 0.2) is 0 Å². The monoisotopic (exact) mass is 305 g/mol. The van der Waals surface area contributed by atoms with E-state index in [1.165, 1.54) is 0 Å². The third-order valence-electron chi connectivity index (χ3n) is 3.22. The van der Waals surface area contributed by atoms with Gasteiger partial charge < -0.3 is 15.2 Å². The molecule has 0 aliphatic rings. The molecule has 0 saturated carbocycles. The van der Waals surface area contributed by atoms with Crippen molar-refractivity contribution in [2.45, 2.75) is 13.0 Å². The zero-order chi connectivity index (χ0) is 15.2. The van der Waals surface area contributed by atoms with Crippen LogP contribution < -0.4 is 10.5 Å². The van der Waals surface area contributed by atoms with Crippen molar-refractivity contribution >= 4 is 11.6 Å². The van der Waals surface area contributed by atoms with Crippen LogP contribution in [0.15, 0.2) is 42.5 Å². The molecule has 0 fully saturated rings. The van der Waals surface area contributed by atoms with E-state index in [4.69, 9.17) is 26.8 Å². The minimum atomic E-state index is -0.277. The minimum absolute atomic E-state index is 0.277. The Hall–Kier alpha value is -1.55. The van der Waals surface area contributed by atoms with Crippen LogP contribution in [0.5, 0.6) is 5.75 Å². The predicted molar refractivity (Wildman–Crippen MR) is 86.0 cm³/mol. The van der Waals surface area contributed by atoms with Crippen LogP contribution >= 0.6 is 11.6 Å². The molecule has 1 atom stereocenters. The molecule has 0 aliphatic heterocycles. The summed E-state index contributed by atoms with van der Waals surface area (Å²) in [6.45, 7) is 3.04. The molecule has 112 valence electrons. The number of aryl methyl sites for hydroxylation is 1. The molecule has 1 unspecified atom stereocenters. The molecule has 21 heavy (non-hydrogen) atoms. The summed E-state index contributed by atoms with van der Waals surface area (Å²) in [6, 6.07) is 13.4. The summed E-state index contributed by atoms with van der Waals surface area (Å²) in [5, 5.41) is 0.693. The van der Waals surface area contributed by atoms with Crippen LogP contribution in [-0.2, 0) is 4.74 Å². The maximum absolute atomic E-state index is 6.39. The van der Waals surface area contributed by atoms with Gasteiger partial charge in [-0.1, -0.05) is 35.9 Å². The van der Waals surface area contributed by atoms with Gasteiger partial charge in [0, 0.05) is 17.7 Å². The first-order valence-electron chi connectivity index (χ1n) is 6.85. The quantitative estimate of drug-likeness (QED) is 0.827. The van der Waals surface area contributed by atoms with Gasteiger partial charge in [-0.2, -0.15) is 0 Å². The fraction of sp³-hybridized carbons (Fsp3) is 0.294. The highest BCUT2D eigenvalue weighted by Crippen LogP contribution is 2.30. The summed E-state index contributed by atoms with van der Waals surface area (Å²) in [4.78, 5) is 0. The van der Waals surface area contributed by atoms with Crippen LogP contribution in [0.3, 0.4) is 0 Å². The third-order valence-corrected chi connectivity index (χ3v) is 3.44. The molecule has 0 amide bonds. The van der Waals surface area contributed by atoms with E-state index in [-0.39, 0.29) is 6.04 Å². The van der Waals surface area contributed by atoms with Gasteiger partial charge in [-0.25, -0.2) is 0 Å². The van der Waals surface area contributed by atoms with Gasteiger partial charge >= 0.3 is 0 Å². The molecule has 0 bridgehead atoms. The maximum Gasteiger partial charge on any atom is 0.124 e. The van der Waals surface area contributed by atoms with Gasteiger partial charge in [0.2, 0.25) is 0 Å². The van der Waals surface area contributed by atoms with Crippen molar-refractivity contribution in [3.8, 4) is 5.75 Å². The first-order valence-corrected chi connectivity index (χ1v) is 7.23. The van der Waals surface area contributed by atoms with E-state index >= 15 is 0 Å². The van der Waals surface area contributed by atoms with Crippen molar-refractivity contribution in [3.63, 3.8) is 0 Å². The summed E-state index contributed by atoms with van der Waals surface area (Å²) in [7, 11) is 1.65. The molecular formula is C17H20ClNO2. The largest absolute Gasteiger partial charge is 0.491 e. The number of para-hydroxylation sites is 1. The molecule has 0 saturated heterocycles. The molecule has 0 spiro atoms. The van der Waals surface area contributed by atoms with Crippen LogP contribution in [0.25, 0.3) is 0 Å². The lowest BCUT2D eigenvalue weighted by molar-refractivity contribution is 0.145. The van der Waals surface area contributed by atoms with E-state index in [0.717, 1.165) is 22.4 Å². The van der Waals surface area contributed by atoms with Crippen molar-refractivity contribution in [3.05, 3.63) is 64.2 Å². The summed E-state index contributed by atoms with van der Waals surface area (Å²) in [5.41, 5.74) is 9.39. The van der Waals surface area contributed by atoms with Crippen molar-refractivity contribution in [1.29, 1.82) is 0 Å². The molecule has 0 aliphatic carbocycles. The summed E-state index contributed by atoms with van der Waals surface area (Å²) >= 11 is 6.12. The Bertz CT molecular complexity index is 581. The van der Waals surface area contributed by atoms with Crippen LogP contribution in [0.1, 0.15) is 22.7 Å². The van der Waals surface area contributed by atoms with E-state index in [1.807, 2.05) is 49.4 Å². The number of rotatable bonds is 6. The number of methoxy groups -OCH3 is 1. The summed E-state index contributed by atoms with van der Waals surface area (Å²) < 4.78 is 10.7. The van der Waals surface area contributed by atoms with Gasteiger partial charge in [-0.05, 0) is 36.2 Å². The van der Waals surface area contributed by atoms with Crippen LogP contribution in [0.4, 0.5) is 0 Å². The Morgan fingerprint density at radius 2 is 1.90 bits per heavy atom. The molecular weight excluding hydrogens is 286 g/mol. The number of benzene rings is 2. The number of halogens is 1. The normalized spacial score (nSPS) is 12.2. The molecule has 2 rings (SSSR count). The SMILES string of the molecule is COCCOc1ccccc1C(N)c1cc(C)cc(Cl)c1. The molecule has 2 aromatic rings. The van der Waals surface area contributed by atoms with Gasteiger partial charge in [0.25, 0.3) is 0 Å². The second-order valence-corrected chi connectivity index (χ2v) is 5.36. The van der Waals surface area contributed by atoms with Crippen molar-refractivity contribution in [1.82, 2.24) is 0 Å². The van der Waals surface area contributed by atoms with Crippen LogP contribution in [-0.4, -0.2) is 20.3 Å². The predicted octanol–water partition coefficient (Wildman–Crippen LogP) is 3.72. The molecule has 0 heterocycles. The fourth-order valence-electron chi connectivity index (χ4n) is 2.23. The molecule has 2 aromatic carbocycles. The molecule has 0 aromatic heterocycles. The molecule has 4 heteroatoms. The molecule has 3 nitrogen and oxygen atoms in total. The smallest absolute Gasteiger partial charge is 0.124 e. The van der Waals surface area contributed by atoms with E-state index < -0.39 is 0 Å². The second kappa shape index (κ2) is 7.46. The molecule has 2 N–H and O–H groups in total. The third kappa shape index (κ3) is 4.21. The zero-order valence-electron chi connectivity index (χ0n) is 12.3. The lowest BCUT2D eigenvalue weighted by Crippen LogP contribution is -2.15. The second-order valence-electron chi connectivity index (χ2n) is 4.92. The van der Waals surface area contributed by atoms with E-state index in [2.05, 4.69) is 0 Å².